The quantitative estimate of drug-likeness (QED) is 0.784. The van der Waals surface area contributed by atoms with Gasteiger partial charge in [0.2, 0.25) is 0 Å². The average Bonchev–Trinajstić information content (AvgIpc) is 2.63. The molecule has 4 heteroatoms. The molecule has 1 saturated heterocycles. The molecule has 76 valence electrons. The highest BCUT2D eigenvalue weighted by atomic mass is 16.5. The number of hydrogen-bond donors (Lipinski definition) is 1. The van der Waals surface area contributed by atoms with Crippen LogP contribution in [0.25, 0.3) is 0 Å². The molecule has 4 nitrogen and oxygen atoms in total. The third-order valence-electron chi connectivity index (χ3n) is 2.32. The summed E-state index contributed by atoms with van der Waals surface area (Å²) in [5.74, 6) is 0.192. The van der Waals surface area contributed by atoms with E-state index in [9.17, 15) is 4.79 Å². The lowest BCUT2D eigenvalue weighted by Gasteiger charge is -2.37. The molecule has 0 bridgehead atoms. The topological polar surface area (TPSA) is 51.5 Å². The Morgan fingerprint density at radius 2 is 2.43 bits per heavy atom. The van der Waals surface area contributed by atoms with Crippen molar-refractivity contribution in [2.45, 2.75) is 6.92 Å². The molecule has 1 aliphatic heterocycles. The van der Waals surface area contributed by atoms with Crippen molar-refractivity contribution in [3.63, 3.8) is 0 Å². The first-order valence-electron chi connectivity index (χ1n) is 4.59. The smallest absolute Gasteiger partial charge is 0.286 e. The van der Waals surface area contributed by atoms with E-state index >= 15 is 0 Å². The number of furan rings is 1. The lowest BCUT2D eigenvalue weighted by atomic mass is 9.89. The third kappa shape index (κ3) is 1.80. The molecular weight excluding hydrogens is 182 g/mol. The van der Waals surface area contributed by atoms with Gasteiger partial charge in [-0.1, -0.05) is 6.92 Å². The molecule has 1 aromatic rings. The largest absolute Gasteiger partial charge is 0.459 e. The van der Waals surface area contributed by atoms with E-state index in [1.54, 1.807) is 12.1 Å². The molecule has 0 spiro atoms. The van der Waals surface area contributed by atoms with Gasteiger partial charge in [0.15, 0.2) is 5.76 Å². The van der Waals surface area contributed by atoms with Crippen LogP contribution in [0.4, 0.5) is 0 Å². The Bertz CT molecular complexity index is 314. The molecule has 1 aliphatic rings. The fourth-order valence-corrected chi connectivity index (χ4v) is 1.34. The Balaban J connectivity index is 1.84. The van der Waals surface area contributed by atoms with Crippen molar-refractivity contribution in [1.82, 2.24) is 5.32 Å². The predicted octanol–water partition coefficient (Wildman–Crippen LogP) is 1.05. The second-order valence-electron chi connectivity index (χ2n) is 3.96. The number of rotatable bonds is 3. The van der Waals surface area contributed by atoms with Crippen LogP contribution < -0.4 is 5.32 Å². The molecular formula is C10H13NO3. The summed E-state index contributed by atoms with van der Waals surface area (Å²) in [6, 6.07) is 3.35. The highest BCUT2D eigenvalue weighted by Gasteiger charge is 2.33. The zero-order chi connectivity index (χ0) is 10.0. The summed E-state index contributed by atoms with van der Waals surface area (Å²) < 4.78 is 10.1. The van der Waals surface area contributed by atoms with Crippen LogP contribution in [0.15, 0.2) is 22.8 Å². The van der Waals surface area contributed by atoms with Crippen molar-refractivity contribution in [3.05, 3.63) is 24.2 Å². The van der Waals surface area contributed by atoms with Crippen molar-refractivity contribution >= 4 is 5.91 Å². The summed E-state index contributed by atoms with van der Waals surface area (Å²) in [4.78, 5) is 11.4. The van der Waals surface area contributed by atoms with Gasteiger partial charge in [0.05, 0.1) is 19.5 Å². The molecule has 1 N–H and O–H groups in total. The Labute approximate surface area is 82.2 Å². The van der Waals surface area contributed by atoms with Gasteiger partial charge in [0, 0.05) is 12.0 Å². The normalized spacial score (nSPS) is 18.6. The minimum atomic E-state index is -0.164. The number of ether oxygens (including phenoxy) is 1. The molecule has 14 heavy (non-hydrogen) atoms. The van der Waals surface area contributed by atoms with E-state index in [2.05, 4.69) is 12.2 Å². The number of nitrogens with one attached hydrogen (secondary N) is 1. The Hall–Kier alpha value is -1.29. The van der Waals surface area contributed by atoms with E-state index in [1.807, 2.05) is 0 Å². The monoisotopic (exact) mass is 195 g/mol. The van der Waals surface area contributed by atoms with Gasteiger partial charge in [-0.15, -0.1) is 0 Å². The van der Waals surface area contributed by atoms with Crippen LogP contribution in [-0.2, 0) is 4.74 Å². The highest BCUT2D eigenvalue weighted by molar-refractivity contribution is 5.91. The maximum Gasteiger partial charge on any atom is 0.286 e. The molecule has 2 rings (SSSR count). The molecule has 0 aliphatic carbocycles. The van der Waals surface area contributed by atoms with Crippen molar-refractivity contribution in [2.75, 3.05) is 19.8 Å². The predicted molar refractivity (Wildman–Crippen MR) is 50.0 cm³/mol. The molecule has 2 heterocycles. The van der Waals surface area contributed by atoms with Gasteiger partial charge in [-0.2, -0.15) is 0 Å². The minimum absolute atomic E-state index is 0.0995. The van der Waals surface area contributed by atoms with Crippen molar-refractivity contribution in [1.29, 1.82) is 0 Å². The first-order chi connectivity index (χ1) is 6.70. The van der Waals surface area contributed by atoms with Crippen LogP contribution in [0.1, 0.15) is 17.5 Å². The fourth-order valence-electron chi connectivity index (χ4n) is 1.34. The van der Waals surface area contributed by atoms with Crippen LogP contribution in [-0.4, -0.2) is 25.7 Å². The van der Waals surface area contributed by atoms with Gasteiger partial charge in [-0.05, 0) is 12.1 Å². The number of carbonyl (C=O) groups excluding carboxylic acids is 1. The minimum Gasteiger partial charge on any atom is -0.459 e. The van der Waals surface area contributed by atoms with Gasteiger partial charge in [0.1, 0.15) is 0 Å². The summed E-state index contributed by atoms with van der Waals surface area (Å²) in [6.45, 7) is 4.14. The first-order valence-corrected chi connectivity index (χ1v) is 4.59. The second-order valence-corrected chi connectivity index (χ2v) is 3.96. The van der Waals surface area contributed by atoms with Crippen molar-refractivity contribution < 1.29 is 13.9 Å². The summed E-state index contributed by atoms with van der Waals surface area (Å²) in [5, 5.41) is 2.81. The van der Waals surface area contributed by atoms with Crippen LogP contribution >= 0.6 is 0 Å². The van der Waals surface area contributed by atoms with E-state index in [0.717, 1.165) is 0 Å². The Kier molecular flexibility index (Phi) is 2.29. The van der Waals surface area contributed by atoms with Crippen LogP contribution in [0.2, 0.25) is 0 Å². The van der Waals surface area contributed by atoms with Crippen LogP contribution in [0, 0.1) is 5.41 Å². The molecule has 0 unspecified atom stereocenters. The Morgan fingerprint density at radius 3 is 2.93 bits per heavy atom. The van der Waals surface area contributed by atoms with Crippen molar-refractivity contribution in [3.8, 4) is 0 Å². The number of amides is 1. The molecule has 0 aromatic carbocycles. The first kappa shape index (κ1) is 9.27. The zero-order valence-electron chi connectivity index (χ0n) is 8.08. The Morgan fingerprint density at radius 1 is 1.64 bits per heavy atom. The molecule has 0 radical (unpaired) electrons. The summed E-state index contributed by atoms with van der Waals surface area (Å²) >= 11 is 0. The van der Waals surface area contributed by atoms with Crippen LogP contribution in [0.3, 0.4) is 0 Å². The van der Waals surface area contributed by atoms with E-state index < -0.39 is 0 Å². The lowest BCUT2D eigenvalue weighted by Crippen LogP contribution is -2.48. The van der Waals surface area contributed by atoms with E-state index in [0.29, 0.717) is 25.5 Å². The van der Waals surface area contributed by atoms with Crippen molar-refractivity contribution in [2.24, 2.45) is 5.41 Å². The van der Waals surface area contributed by atoms with Gasteiger partial charge in [0.25, 0.3) is 5.91 Å². The zero-order valence-corrected chi connectivity index (χ0v) is 8.08. The second kappa shape index (κ2) is 3.46. The van der Waals surface area contributed by atoms with Gasteiger partial charge in [-0.3, -0.25) is 4.79 Å². The van der Waals surface area contributed by atoms with E-state index in [-0.39, 0.29) is 11.3 Å². The van der Waals surface area contributed by atoms with E-state index in [4.69, 9.17) is 9.15 Å². The lowest BCUT2D eigenvalue weighted by molar-refractivity contribution is -0.0978. The summed E-state index contributed by atoms with van der Waals surface area (Å²) in [7, 11) is 0. The fraction of sp³-hybridized carbons (Fsp3) is 0.500. The summed E-state index contributed by atoms with van der Waals surface area (Å²) in [5.41, 5.74) is 0.0995. The van der Waals surface area contributed by atoms with Crippen LogP contribution in [0.5, 0.6) is 0 Å². The summed E-state index contributed by atoms with van der Waals surface area (Å²) in [6.07, 6.45) is 1.49. The average molecular weight is 195 g/mol. The third-order valence-corrected chi connectivity index (χ3v) is 2.32. The van der Waals surface area contributed by atoms with Gasteiger partial charge in [-0.25, -0.2) is 0 Å². The molecule has 0 saturated carbocycles. The maximum absolute atomic E-state index is 11.4. The van der Waals surface area contributed by atoms with Gasteiger partial charge < -0.3 is 14.5 Å². The molecule has 1 amide bonds. The maximum atomic E-state index is 11.4. The number of hydrogen-bond acceptors (Lipinski definition) is 3. The standard InChI is InChI=1S/C10H13NO3/c1-10(6-13-7-10)5-11-9(12)8-3-2-4-14-8/h2-4H,5-7H2,1H3,(H,11,12). The highest BCUT2D eigenvalue weighted by Crippen LogP contribution is 2.25. The molecule has 0 atom stereocenters. The molecule has 1 fully saturated rings. The van der Waals surface area contributed by atoms with Gasteiger partial charge >= 0.3 is 0 Å². The molecule has 1 aromatic heterocycles. The van der Waals surface area contributed by atoms with E-state index in [1.165, 1.54) is 6.26 Å². The number of carbonyl (C=O) groups is 1. The SMILES string of the molecule is CC1(CNC(=O)c2ccco2)COC1.